The highest BCUT2D eigenvalue weighted by atomic mass is 127. The summed E-state index contributed by atoms with van der Waals surface area (Å²) < 4.78 is 1.34. The summed E-state index contributed by atoms with van der Waals surface area (Å²) in [5, 5.41) is 0. The second-order valence-corrected chi connectivity index (χ2v) is 6.52. The van der Waals surface area contributed by atoms with Gasteiger partial charge in [0.1, 0.15) is 0 Å². The quantitative estimate of drug-likeness (QED) is 0.533. The third kappa shape index (κ3) is 1.81. The Balaban J connectivity index is 2.15. The van der Waals surface area contributed by atoms with Gasteiger partial charge in [-0.1, -0.05) is 41.7 Å². The zero-order chi connectivity index (χ0) is 10.3. The SMILES string of the molecule is Ic1cccc2c1Sc1ccccc1S2. The molecule has 0 aliphatic carbocycles. The van der Waals surface area contributed by atoms with Crippen LogP contribution in [0.5, 0.6) is 0 Å². The molecule has 2 aromatic rings. The van der Waals surface area contributed by atoms with Crippen molar-refractivity contribution in [3.8, 4) is 0 Å². The first kappa shape index (κ1) is 10.1. The molecule has 0 bridgehead atoms. The van der Waals surface area contributed by atoms with Crippen LogP contribution < -0.4 is 0 Å². The molecule has 1 aliphatic heterocycles. The van der Waals surface area contributed by atoms with Gasteiger partial charge in [-0.3, -0.25) is 0 Å². The Labute approximate surface area is 111 Å². The summed E-state index contributed by atoms with van der Waals surface area (Å²) in [6, 6.07) is 15.1. The summed E-state index contributed by atoms with van der Waals surface area (Å²) in [5.41, 5.74) is 0. The van der Waals surface area contributed by atoms with Crippen LogP contribution in [-0.2, 0) is 0 Å². The number of halogens is 1. The molecule has 1 aliphatic rings. The van der Waals surface area contributed by atoms with Gasteiger partial charge in [0.2, 0.25) is 0 Å². The minimum absolute atomic E-state index is 1.34. The Morgan fingerprint density at radius 1 is 0.733 bits per heavy atom. The van der Waals surface area contributed by atoms with Gasteiger partial charge in [-0.25, -0.2) is 0 Å². The molecule has 15 heavy (non-hydrogen) atoms. The summed E-state index contributed by atoms with van der Waals surface area (Å²) in [4.78, 5) is 5.53. The number of rotatable bonds is 0. The van der Waals surface area contributed by atoms with Crippen molar-refractivity contribution < 1.29 is 0 Å². The fourth-order valence-electron chi connectivity index (χ4n) is 1.52. The third-order valence-corrected chi connectivity index (χ3v) is 6.09. The predicted octanol–water partition coefficient (Wildman–Crippen LogP) is 4.91. The van der Waals surface area contributed by atoms with Crippen LogP contribution in [0.15, 0.2) is 62.0 Å². The van der Waals surface area contributed by atoms with Crippen molar-refractivity contribution in [2.75, 3.05) is 0 Å². The van der Waals surface area contributed by atoms with Crippen molar-refractivity contribution in [1.29, 1.82) is 0 Å². The lowest BCUT2D eigenvalue weighted by molar-refractivity contribution is 1.14. The number of fused-ring (bicyclic) bond motifs is 2. The maximum absolute atomic E-state index is 2.41. The van der Waals surface area contributed by atoms with Crippen LogP contribution in [0, 0.1) is 3.57 Å². The van der Waals surface area contributed by atoms with Gasteiger partial charge in [0, 0.05) is 23.2 Å². The molecule has 0 aromatic heterocycles. The maximum atomic E-state index is 2.41. The predicted molar refractivity (Wildman–Crippen MR) is 73.8 cm³/mol. The van der Waals surface area contributed by atoms with Crippen LogP contribution >= 0.6 is 46.1 Å². The van der Waals surface area contributed by atoms with Crippen LogP contribution in [0.2, 0.25) is 0 Å². The first-order chi connectivity index (χ1) is 7.34. The molecule has 0 fully saturated rings. The van der Waals surface area contributed by atoms with Crippen LogP contribution in [0.3, 0.4) is 0 Å². The third-order valence-electron chi connectivity index (χ3n) is 2.21. The fourth-order valence-corrected chi connectivity index (χ4v) is 4.80. The molecule has 3 rings (SSSR count). The molecule has 74 valence electrons. The summed E-state index contributed by atoms with van der Waals surface area (Å²) >= 11 is 6.16. The van der Waals surface area contributed by atoms with E-state index in [1.54, 1.807) is 0 Å². The zero-order valence-corrected chi connectivity index (χ0v) is 11.5. The minimum atomic E-state index is 1.34. The lowest BCUT2D eigenvalue weighted by Gasteiger charge is -2.18. The molecule has 0 saturated heterocycles. The molecule has 0 spiro atoms. The number of benzene rings is 2. The van der Waals surface area contributed by atoms with E-state index in [0.717, 1.165) is 0 Å². The molecular formula is C12H7IS2. The Bertz CT molecular complexity index is 523. The number of hydrogen-bond donors (Lipinski definition) is 0. The van der Waals surface area contributed by atoms with Crippen LogP contribution in [-0.4, -0.2) is 0 Å². The van der Waals surface area contributed by atoms with Gasteiger partial charge in [-0.05, 0) is 46.9 Å². The molecule has 0 nitrogen and oxygen atoms in total. The van der Waals surface area contributed by atoms with E-state index in [2.05, 4.69) is 65.1 Å². The van der Waals surface area contributed by atoms with E-state index in [9.17, 15) is 0 Å². The van der Waals surface area contributed by atoms with E-state index in [0.29, 0.717) is 0 Å². The molecule has 0 amide bonds. The molecule has 0 atom stereocenters. The highest BCUT2D eigenvalue weighted by molar-refractivity contribution is 14.1. The Hall–Kier alpha value is -0.130. The highest BCUT2D eigenvalue weighted by Crippen LogP contribution is 2.49. The van der Waals surface area contributed by atoms with E-state index >= 15 is 0 Å². The van der Waals surface area contributed by atoms with E-state index in [1.165, 1.54) is 23.2 Å². The Morgan fingerprint density at radius 3 is 2.20 bits per heavy atom. The topological polar surface area (TPSA) is 0 Å². The van der Waals surface area contributed by atoms with Crippen molar-refractivity contribution in [2.45, 2.75) is 19.6 Å². The van der Waals surface area contributed by atoms with Gasteiger partial charge < -0.3 is 0 Å². The molecule has 0 saturated carbocycles. The first-order valence-electron chi connectivity index (χ1n) is 4.58. The van der Waals surface area contributed by atoms with Crippen LogP contribution in [0.1, 0.15) is 0 Å². The Morgan fingerprint density at radius 2 is 1.40 bits per heavy atom. The maximum Gasteiger partial charge on any atom is 0.0395 e. The van der Waals surface area contributed by atoms with Crippen molar-refractivity contribution in [1.82, 2.24) is 0 Å². The summed E-state index contributed by atoms with van der Waals surface area (Å²) in [5.74, 6) is 0. The summed E-state index contributed by atoms with van der Waals surface area (Å²) in [6.45, 7) is 0. The molecule has 0 unspecified atom stereocenters. The summed E-state index contributed by atoms with van der Waals surface area (Å²) in [6.07, 6.45) is 0. The van der Waals surface area contributed by atoms with E-state index in [4.69, 9.17) is 0 Å². The van der Waals surface area contributed by atoms with Crippen molar-refractivity contribution >= 4 is 46.1 Å². The molecule has 0 N–H and O–H groups in total. The average Bonchev–Trinajstić information content (AvgIpc) is 2.27. The van der Waals surface area contributed by atoms with Gasteiger partial charge in [0.05, 0.1) is 0 Å². The van der Waals surface area contributed by atoms with E-state index in [1.807, 2.05) is 23.5 Å². The second-order valence-electron chi connectivity index (χ2n) is 3.22. The van der Waals surface area contributed by atoms with Gasteiger partial charge in [0.15, 0.2) is 0 Å². The first-order valence-corrected chi connectivity index (χ1v) is 7.29. The van der Waals surface area contributed by atoms with E-state index in [-0.39, 0.29) is 0 Å². The monoisotopic (exact) mass is 342 g/mol. The lowest BCUT2D eigenvalue weighted by atomic mass is 10.3. The van der Waals surface area contributed by atoms with Crippen molar-refractivity contribution in [3.63, 3.8) is 0 Å². The average molecular weight is 342 g/mol. The zero-order valence-electron chi connectivity index (χ0n) is 7.74. The molecule has 3 heteroatoms. The molecule has 1 heterocycles. The molecular weight excluding hydrogens is 335 g/mol. The highest BCUT2D eigenvalue weighted by Gasteiger charge is 2.17. The smallest absolute Gasteiger partial charge is 0.0395 e. The summed E-state index contributed by atoms with van der Waals surface area (Å²) in [7, 11) is 0. The Kier molecular flexibility index (Phi) is 2.70. The minimum Gasteiger partial charge on any atom is -0.0877 e. The van der Waals surface area contributed by atoms with Gasteiger partial charge in [-0.15, -0.1) is 0 Å². The van der Waals surface area contributed by atoms with Crippen LogP contribution in [0.25, 0.3) is 0 Å². The molecule has 2 aromatic carbocycles. The largest absolute Gasteiger partial charge is 0.0877 e. The lowest BCUT2D eigenvalue weighted by Crippen LogP contribution is -1.90. The van der Waals surface area contributed by atoms with Crippen molar-refractivity contribution in [3.05, 3.63) is 46.0 Å². The molecule has 0 radical (unpaired) electrons. The van der Waals surface area contributed by atoms with Gasteiger partial charge in [0.25, 0.3) is 0 Å². The van der Waals surface area contributed by atoms with Gasteiger partial charge >= 0.3 is 0 Å². The normalized spacial score (nSPS) is 13.1. The second kappa shape index (κ2) is 4.03. The van der Waals surface area contributed by atoms with E-state index < -0.39 is 0 Å². The van der Waals surface area contributed by atoms with Gasteiger partial charge in [-0.2, -0.15) is 0 Å². The fraction of sp³-hybridized carbons (Fsp3) is 0. The standard InChI is InChI=1S/C12H7IS2/c13-8-4-3-7-11-12(8)15-10-6-2-1-5-9(10)14-11/h1-7H. The van der Waals surface area contributed by atoms with Crippen LogP contribution in [0.4, 0.5) is 0 Å². The van der Waals surface area contributed by atoms with Crippen molar-refractivity contribution in [2.24, 2.45) is 0 Å². The number of hydrogen-bond acceptors (Lipinski definition) is 2.